The number of aliphatic hydroxyl groups is 4. The van der Waals surface area contributed by atoms with Crippen molar-refractivity contribution in [3.05, 3.63) is 115 Å². The first-order valence-electron chi connectivity index (χ1n) is 44.2. The van der Waals surface area contributed by atoms with E-state index in [-0.39, 0.29) is 115 Å². The van der Waals surface area contributed by atoms with Crippen LogP contribution < -0.4 is 42.0 Å². The number of fused-ring (bicyclic) bond motifs is 15. The first kappa shape index (κ1) is 94.9. The van der Waals surface area contributed by atoms with E-state index in [1.54, 1.807) is 68.5 Å². The average Bonchev–Trinajstić information content (AvgIpc) is 1.53. The van der Waals surface area contributed by atoms with Crippen molar-refractivity contribution in [3.63, 3.8) is 0 Å². The molecule has 127 heavy (non-hydrogen) atoms. The quantitative estimate of drug-likeness (QED) is 0.0122. The van der Waals surface area contributed by atoms with Gasteiger partial charge in [-0.05, 0) is 70.8 Å². The van der Waals surface area contributed by atoms with Crippen molar-refractivity contribution in [2.24, 2.45) is 0 Å². The Hall–Kier alpha value is -5.25. The van der Waals surface area contributed by atoms with Crippen LogP contribution in [0.1, 0.15) is 237 Å². The molecule has 15 heterocycles. The third-order valence-electron chi connectivity index (χ3n) is 28.6. The zero-order valence-corrected chi connectivity index (χ0v) is 81.7. The van der Waals surface area contributed by atoms with E-state index in [0.717, 1.165) is 64.2 Å². The van der Waals surface area contributed by atoms with E-state index >= 15 is 0 Å². The number of nitrogens with zero attached hydrogens (tertiary/aromatic N) is 13. The number of nitrogens with one attached hydrogen (secondary N) is 1. The fraction of sp³-hybridized carbons (Fsp3) is 0.733. The molecule has 0 aromatic carbocycles. The van der Waals surface area contributed by atoms with Crippen LogP contribution in [0.3, 0.4) is 0 Å². The number of hydrogen-bond donors (Lipinski definition) is 5. The number of aliphatic hydroxyl groups excluding tert-OH is 4. The molecular formula is C86H114N14O21PS2Se3. The zero-order chi connectivity index (χ0) is 91.2. The molecule has 6 unspecified atom stereocenters. The van der Waals surface area contributed by atoms with Gasteiger partial charge in [-0.15, -0.1) is 0 Å². The van der Waals surface area contributed by atoms with Gasteiger partial charge in [0.1, 0.15) is 46.8 Å². The number of ether oxygens (including phenoxy) is 10. The van der Waals surface area contributed by atoms with Crippen molar-refractivity contribution in [1.29, 1.82) is 15.8 Å². The van der Waals surface area contributed by atoms with Crippen LogP contribution in [0.4, 0.5) is 0 Å². The summed E-state index contributed by atoms with van der Waals surface area (Å²) in [5.41, 5.74) is -3.35. The molecule has 10 bridgehead atoms. The molecule has 0 amide bonds. The number of aromatic nitrogens is 10. The molecule has 10 saturated heterocycles. The van der Waals surface area contributed by atoms with Crippen molar-refractivity contribution in [2.75, 3.05) is 12.9 Å². The summed E-state index contributed by atoms with van der Waals surface area (Å²) in [5.74, 6) is 0. The summed E-state index contributed by atoms with van der Waals surface area (Å²) in [5, 5.41) is 71.7. The first-order chi connectivity index (χ1) is 60.5. The Morgan fingerprint density at radius 1 is 0.496 bits per heavy atom. The molecule has 5 aromatic rings. The third kappa shape index (κ3) is 15.4. The number of rotatable bonds is 25. The van der Waals surface area contributed by atoms with Gasteiger partial charge in [0.05, 0.1) is 0 Å². The van der Waals surface area contributed by atoms with Crippen molar-refractivity contribution in [3.8, 4) is 18.2 Å². The van der Waals surface area contributed by atoms with Gasteiger partial charge in [-0.2, -0.15) is 4.98 Å². The van der Waals surface area contributed by atoms with Gasteiger partial charge in [0.2, 0.25) is 0 Å². The summed E-state index contributed by atoms with van der Waals surface area (Å²) in [4.78, 5) is 78.7. The maximum atomic E-state index is 12.5. The van der Waals surface area contributed by atoms with Crippen molar-refractivity contribution >= 4 is 92.6 Å². The Kier molecular flexibility index (Phi) is 26.6. The van der Waals surface area contributed by atoms with Crippen LogP contribution in [-0.2, 0) is 56.4 Å². The van der Waals surface area contributed by atoms with Crippen molar-refractivity contribution < 1.29 is 76.8 Å². The van der Waals surface area contributed by atoms with Gasteiger partial charge in [-0.25, -0.2) is 0 Å². The fourth-order valence-corrected chi connectivity index (χ4v) is 28.1. The summed E-state index contributed by atoms with van der Waals surface area (Å²) in [6.07, 6.45) is 17.0. The number of H-pyrrole nitrogens is 1. The molecule has 41 heteroatoms. The van der Waals surface area contributed by atoms with E-state index in [0.29, 0.717) is 109 Å². The Labute approximate surface area is 767 Å². The van der Waals surface area contributed by atoms with E-state index in [2.05, 4.69) is 98.4 Å². The molecule has 5 N–H and O–H groups in total. The van der Waals surface area contributed by atoms with Crippen molar-refractivity contribution in [1.82, 2.24) is 52.4 Å². The summed E-state index contributed by atoms with van der Waals surface area (Å²) in [6.45, 7) is 27.6. The van der Waals surface area contributed by atoms with Gasteiger partial charge in [-0.1, -0.05) is 25.6 Å². The second kappa shape index (κ2) is 35.5. The predicted octanol–water partition coefficient (Wildman–Crippen LogP) is 5.41. The SMILES string of the molecule is CC[C@]12O[C@@H](n3cc(C)c(=O)[nH]c3=S)[C@@H](OC13CC3)C2O.CC[C@]12O[C@@H](n3cc(C)c(=O)nc3SC)[C@@H](OC13CC3)C2O.CC[C@]12O[C@@H](n3cc(C)c(=O)nc3[Se])[C@@H](OC13CC3)C2O.CC[C@]12O[C@@H](n3cc(C)c(=O)nc3[Se]CCC#N)[C@@H](OC13CC3)C2O.CC[C@]12O[C@@H](n3cc(C)c(=O)nc3[Se]CCC#N)[C@@H](OC13CC3)C2OP(OCCC#N)N(C(C)C)C(C)C. The molecule has 21 atom stereocenters. The van der Waals surface area contributed by atoms with Gasteiger partial charge >= 0.3 is 514 Å². The second-order valence-electron chi connectivity index (χ2n) is 36.4. The third-order valence-corrected chi connectivity index (χ3v) is 36.4. The van der Waals surface area contributed by atoms with Gasteiger partial charge in [0.25, 0.3) is 11.1 Å². The minimum atomic E-state index is -1.49. The normalized spacial score (nSPS) is 34.6. The predicted molar refractivity (Wildman–Crippen MR) is 466 cm³/mol. The van der Waals surface area contributed by atoms with Crippen LogP contribution in [0.25, 0.3) is 0 Å². The Balaban J connectivity index is 0.000000119. The Morgan fingerprint density at radius 2 is 0.819 bits per heavy atom. The number of aromatic amines is 1. The Bertz CT molecular complexity index is 5560. The monoisotopic (exact) mass is 2010 g/mol. The van der Waals surface area contributed by atoms with Crippen molar-refractivity contribution in [2.45, 2.75) is 389 Å². The molecule has 20 rings (SSSR count). The maximum absolute atomic E-state index is 12.5. The molecule has 5 saturated carbocycles. The first-order valence-corrected chi connectivity index (χ1v) is 51.9. The van der Waals surface area contributed by atoms with Gasteiger partial charge in [-0.3, -0.25) is 23.7 Å². The molecule has 15 fully saturated rings. The van der Waals surface area contributed by atoms with Crippen LogP contribution in [0.2, 0.25) is 10.6 Å². The van der Waals surface area contributed by atoms with E-state index in [1.807, 2.05) is 53.8 Å². The van der Waals surface area contributed by atoms with Gasteiger partial charge in [0, 0.05) is 23.5 Å². The van der Waals surface area contributed by atoms with E-state index in [9.17, 15) is 44.4 Å². The van der Waals surface area contributed by atoms with E-state index < -0.39 is 123 Å². The topological polar surface area (TPSA) is 444 Å². The van der Waals surface area contributed by atoms with Crippen LogP contribution in [0, 0.1) is 73.4 Å². The second-order valence-corrected chi connectivity index (χ2v) is 44.2. The molecule has 35 nitrogen and oxygen atoms in total. The fourth-order valence-electron chi connectivity index (χ4n) is 21.5. The Morgan fingerprint density at radius 3 is 1.20 bits per heavy atom. The summed E-state index contributed by atoms with van der Waals surface area (Å²) in [6, 6.07) is 6.81. The average molecular weight is 2010 g/mol. The van der Waals surface area contributed by atoms with Gasteiger partial charge in [0.15, 0.2) is 22.4 Å². The summed E-state index contributed by atoms with van der Waals surface area (Å²) >= 11 is 9.13. The summed E-state index contributed by atoms with van der Waals surface area (Å²) in [7, 11) is -1.49. The molecule has 5 spiro atoms. The number of hydrogen-bond acceptors (Lipinski definition) is 31. The molecule has 1 radical (unpaired) electrons. The van der Waals surface area contributed by atoms with Crippen LogP contribution >= 0.6 is 32.5 Å². The molecule has 5 aliphatic carbocycles. The van der Waals surface area contributed by atoms with Crippen LogP contribution in [0.15, 0.2) is 60.1 Å². The summed E-state index contributed by atoms with van der Waals surface area (Å²) < 4.78 is 90.2. The zero-order valence-electron chi connectivity index (χ0n) is 74.1. The number of aryl methyl sites for hydroxylation is 5. The van der Waals surface area contributed by atoms with E-state index in [4.69, 9.17) is 84.4 Å². The van der Waals surface area contributed by atoms with Crippen LogP contribution in [0.5, 0.6) is 0 Å². The molecule has 689 valence electrons. The minimum absolute atomic E-state index is 0.116. The molecule has 10 aliphatic heterocycles. The van der Waals surface area contributed by atoms with Gasteiger partial charge < -0.3 is 29.2 Å². The standard InChI is InChI=1S/C26H38N5O5PSe.C17H21N3O4Se.C15H20N2O4S.C14H18N2O4S.C14H17N2O4Se/c1-7-26-21(36-37(33-14-8-12-27)31(17(2)3)18(4)5)20(34-25(26)10-11-25)23(35-26)30-16-19(6)22(32)29-24(30)38-15-9-13-28;1-3-17-12(21)11(23-16(17)5-6-16)14(24-17)20-9-10(2)13(22)19-15(20)25-8-4-7-18;1-4-15-10(18)9(20-14(15)5-6-14)12(21-15)17-7-8(2)11(19)16-13(17)22-3;2*1-3-14-9(17)8(19-13(14)4-5-13)11(20-14)16-6-7(2)10(18)15-12(16)21/h16-18,20-21,23H,7-11,14-15H2,1-6H3;9,11-12,14,21H,3-6,8H2,1-2H3;7,9-10,12,18H,4-6H2,1-3H3;6,8-9,11,17H,3-5H2,1-2H3,(H,15,18,21);6,8-9,11,17H,3-5H2,1-2H3/t20-,21?,23+,26+,37?;11-,12?,14+,17+;9-,10?,12+,15+;2*8-,9?,11+,14+/m00000/s1. The molecular weight excluding hydrogens is 1900 g/mol. The number of nitriles is 3. The molecule has 15 aliphatic rings. The molecule has 5 aromatic heterocycles. The van der Waals surface area contributed by atoms with Crippen LogP contribution in [-0.4, -0.2) is 261 Å². The number of thioether (sulfide) groups is 1. The van der Waals surface area contributed by atoms with E-state index in [1.165, 1.54) is 11.8 Å².